The zero-order valence-corrected chi connectivity index (χ0v) is 16.5. The molecule has 1 N–H and O–H groups in total. The molecule has 2 aromatic carbocycles. The predicted molar refractivity (Wildman–Crippen MR) is 108 cm³/mol. The molecule has 0 aliphatic rings. The Bertz CT molecular complexity index is 947. The first kappa shape index (κ1) is 19.9. The SMILES string of the molecule is CCCOC(=O)c1ccc(OCC(O)Cn2cnc3cc(C)c(C)cc32)cc1. The number of aliphatic hydroxyl groups is 1. The number of hydrogen-bond donors (Lipinski definition) is 1. The number of carbonyl (C=O) groups is 1. The Morgan fingerprint density at radius 3 is 2.61 bits per heavy atom. The van der Waals surface area contributed by atoms with Crippen LogP contribution < -0.4 is 4.74 Å². The fourth-order valence-corrected chi connectivity index (χ4v) is 2.90. The maximum atomic E-state index is 11.8. The van der Waals surface area contributed by atoms with Crippen LogP contribution in [0.25, 0.3) is 11.0 Å². The Morgan fingerprint density at radius 1 is 1.18 bits per heavy atom. The van der Waals surface area contributed by atoms with Gasteiger partial charge in [0.05, 0.1) is 36.1 Å². The van der Waals surface area contributed by atoms with E-state index in [2.05, 4.69) is 31.0 Å². The number of aromatic nitrogens is 2. The van der Waals surface area contributed by atoms with Crippen LogP contribution in [0.3, 0.4) is 0 Å². The van der Waals surface area contributed by atoms with Crippen molar-refractivity contribution in [2.75, 3.05) is 13.2 Å². The molecule has 28 heavy (non-hydrogen) atoms. The van der Waals surface area contributed by atoms with E-state index in [4.69, 9.17) is 9.47 Å². The van der Waals surface area contributed by atoms with Gasteiger partial charge in [0.1, 0.15) is 18.5 Å². The molecule has 0 spiro atoms. The van der Waals surface area contributed by atoms with Crippen molar-refractivity contribution in [3.05, 3.63) is 59.4 Å². The molecule has 0 aliphatic heterocycles. The minimum absolute atomic E-state index is 0.143. The molecular formula is C22H26N2O4. The van der Waals surface area contributed by atoms with E-state index in [0.29, 0.717) is 24.5 Å². The van der Waals surface area contributed by atoms with Crippen LogP contribution in [-0.4, -0.2) is 39.9 Å². The van der Waals surface area contributed by atoms with Gasteiger partial charge < -0.3 is 19.1 Å². The lowest BCUT2D eigenvalue weighted by Crippen LogP contribution is -2.23. The molecule has 0 saturated carbocycles. The van der Waals surface area contributed by atoms with Crippen molar-refractivity contribution in [3.8, 4) is 5.75 Å². The number of nitrogens with zero attached hydrogens (tertiary/aromatic N) is 2. The number of ether oxygens (including phenoxy) is 2. The maximum Gasteiger partial charge on any atom is 0.338 e. The third kappa shape index (κ3) is 4.70. The highest BCUT2D eigenvalue weighted by molar-refractivity contribution is 5.89. The molecule has 6 heteroatoms. The number of aryl methyl sites for hydroxylation is 2. The van der Waals surface area contributed by atoms with Gasteiger partial charge in [0.15, 0.2) is 0 Å². The van der Waals surface area contributed by atoms with Crippen molar-refractivity contribution >= 4 is 17.0 Å². The fourth-order valence-electron chi connectivity index (χ4n) is 2.90. The van der Waals surface area contributed by atoms with Gasteiger partial charge in [0.2, 0.25) is 0 Å². The quantitative estimate of drug-likeness (QED) is 0.602. The Hall–Kier alpha value is -2.86. The van der Waals surface area contributed by atoms with Gasteiger partial charge in [-0.3, -0.25) is 0 Å². The minimum Gasteiger partial charge on any atom is -0.491 e. The van der Waals surface area contributed by atoms with Crippen LogP contribution in [0.15, 0.2) is 42.7 Å². The summed E-state index contributed by atoms with van der Waals surface area (Å²) in [6.45, 7) is 7.01. The second-order valence-corrected chi connectivity index (χ2v) is 6.95. The van der Waals surface area contributed by atoms with E-state index < -0.39 is 6.10 Å². The van der Waals surface area contributed by atoms with Crippen molar-refractivity contribution < 1.29 is 19.4 Å². The molecule has 148 valence electrons. The number of fused-ring (bicyclic) bond motifs is 1. The van der Waals surface area contributed by atoms with Crippen LogP contribution in [0.5, 0.6) is 5.75 Å². The number of benzene rings is 2. The molecule has 0 saturated heterocycles. The highest BCUT2D eigenvalue weighted by Gasteiger charge is 2.11. The van der Waals surface area contributed by atoms with Crippen molar-refractivity contribution in [3.63, 3.8) is 0 Å². The summed E-state index contributed by atoms with van der Waals surface area (Å²) in [7, 11) is 0. The molecule has 1 heterocycles. The average molecular weight is 382 g/mol. The average Bonchev–Trinajstić information content (AvgIpc) is 3.06. The topological polar surface area (TPSA) is 73.6 Å². The summed E-state index contributed by atoms with van der Waals surface area (Å²) < 4.78 is 12.7. The molecule has 3 rings (SSSR count). The van der Waals surface area contributed by atoms with Crippen LogP contribution in [0.1, 0.15) is 34.8 Å². The van der Waals surface area contributed by atoms with Gasteiger partial charge in [-0.15, -0.1) is 0 Å². The molecule has 0 radical (unpaired) electrons. The van der Waals surface area contributed by atoms with Crippen LogP contribution in [0, 0.1) is 13.8 Å². The summed E-state index contributed by atoms with van der Waals surface area (Å²) in [5, 5.41) is 10.4. The van der Waals surface area contributed by atoms with E-state index in [1.165, 1.54) is 11.1 Å². The Balaban J connectivity index is 1.56. The summed E-state index contributed by atoms with van der Waals surface area (Å²) in [5.74, 6) is 0.249. The number of esters is 1. The van der Waals surface area contributed by atoms with Crippen molar-refractivity contribution in [2.45, 2.75) is 39.8 Å². The van der Waals surface area contributed by atoms with E-state index in [0.717, 1.165) is 17.5 Å². The first-order chi connectivity index (χ1) is 13.5. The monoisotopic (exact) mass is 382 g/mol. The molecule has 3 aromatic rings. The first-order valence-corrected chi connectivity index (χ1v) is 9.48. The lowest BCUT2D eigenvalue weighted by Gasteiger charge is -2.14. The Labute approximate surface area is 164 Å². The van der Waals surface area contributed by atoms with E-state index in [1.807, 2.05) is 11.5 Å². The van der Waals surface area contributed by atoms with Gasteiger partial charge in [0.25, 0.3) is 0 Å². The molecule has 1 unspecified atom stereocenters. The van der Waals surface area contributed by atoms with Crippen LogP contribution in [0.2, 0.25) is 0 Å². The van der Waals surface area contributed by atoms with Crippen LogP contribution in [-0.2, 0) is 11.3 Å². The molecule has 1 aromatic heterocycles. The number of imidazole rings is 1. The van der Waals surface area contributed by atoms with E-state index in [9.17, 15) is 9.90 Å². The van der Waals surface area contributed by atoms with Gasteiger partial charge in [0, 0.05) is 0 Å². The number of carbonyl (C=O) groups excluding carboxylic acids is 1. The zero-order chi connectivity index (χ0) is 20.1. The van der Waals surface area contributed by atoms with Crippen molar-refractivity contribution in [1.82, 2.24) is 9.55 Å². The van der Waals surface area contributed by atoms with Gasteiger partial charge in [-0.2, -0.15) is 0 Å². The molecule has 0 amide bonds. The Kier molecular flexibility index (Phi) is 6.31. The number of rotatable bonds is 8. The summed E-state index contributed by atoms with van der Waals surface area (Å²) in [5.41, 5.74) is 4.79. The van der Waals surface area contributed by atoms with Crippen LogP contribution in [0.4, 0.5) is 0 Å². The lowest BCUT2D eigenvalue weighted by molar-refractivity contribution is 0.0505. The number of hydrogen-bond acceptors (Lipinski definition) is 5. The van der Waals surface area contributed by atoms with Crippen molar-refractivity contribution in [2.24, 2.45) is 0 Å². The van der Waals surface area contributed by atoms with E-state index in [-0.39, 0.29) is 12.6 Å². The fraction of sp³-hybridized carbons (Fsp3) is 0.364. The van der Waals surface area contributed by atoms with E-state index >= 15 is 0 Å². The van der Waals surface area contributed by atoms with E-state index in [1.54, 1.807) is 30.6 Å². The second kappa shape index (κ2) is 8.89. The third-order valence-electron chi connectivity index (χ3n) is 4.61. The molecule has 0 fully saturated rings. The minimum atomic E-state index is -0.687. The molecule has 0 bridgehead atoms. The van der Waals surface area contributed by atoms with Gasteiger partial charge in [-0.1, -0.05) is 6.92 Å². The normalized spacial score (nSPS) is 12.1. The van der Waals surface area contributed by atoms with Gasteiger partial charge >= 0.3 is 5.97 Å². The highest BCUT2D eigenvalue weighted by Crippen LogP contribution is 2.19. The smallest absolute Gasteiger partial charge is 0.338 e. The van der Waals surface area contributed by atoms with Crippen LogP contribution >= 0.6 is 0 Å². The maximum absolute atomic E-state index is 11.8. The summed E-state index contributed by atoms with van der Waals surface area (Å²) in [6.07, 6.45) is 1.84. The lowest BCUT2D eigenvalue weighted by atomic mass is 10.1. The van der Waals surface area contributed by atoms with Gasteiger partial charge in [-0.25, -0.2) is 9.78 Å². The number of aliphatic hydroxyl groups excluding tert-OH is 1. The van der Waals surface area contributed by atoms with Gasteiger partial charge in [-0.05, 0) is 67.8 Å². The highest BCUT2D eigenvalue weighted by atomic mass is 16.5. The molecule has 6 nitrogen and oxygen atoms in total. The largest absolute Gasteiger partial charge is 0.491 e. The summed E-state index contributed by atoms with van der Waals surface area (Å²) in [4.78, 5) is 16.2. The molecule has 1 atom stereocenters. The van der Waals surface area contributed by atoms with Crippen molar-refractivity contribution in [1.29, 1.82) is 0 Å². The standard InChI is InChI=1S/C22H26N2O4/c1-4-9-27-22(26)17-5-7-19(8-6-17)28-13-18(25)12-24-14-23-20-10-15(2)16(3)11-21(20)24/h5-8,10-11,14,18,25H,4,9,12-13H2,1-3H3. The zero-order valence-electron chi connectivity index (χ0n) is 16.5. The summed E-state index contributed by atoms with van der Waals surface area (Å²) in [6, 6.07) is 10.9. The third-order valence-corrected chi connectivity index (χ3v) is 4.61. The first-order valence-electron chi connectivity index (χ1n) is 9.48. The predicted octanol–water partition coefficient (Wildman–Crippen LogP) is 3.66. The summed E-state index contributed by atoms with van der Waals surface area (Å²) >= 11 is 0. The Morgan fingerprint density at radius 2 is 1.89 bits per heavy atom. The molecular weight excluding hydrogens is 356 g/mol. The second-order valence-electron chi connectivity index (χ2n) is 6.95. The molecule has 0 aliphatic carbocycles.